The fraction of sp³-hybridized carbons (Fsp3) is 0.500. The lowest BCUT2D eigenvalue weighted by molar-refractivity contribution is 0.0789. The first-order valence-corrected chi connectivity index (χ1v) is 12.6. The number of para-hydroxylation sites is 1. The molecule has 2 saturated heterocycles. The summed E-state index contributed by atoms with van der Waals surface area (Å²) in [4.78, 5) is 27.9. The molecule has 0 bridgehead atoms. The first-order valence-electron chi connectivity index (χ1n) is 12.2. The molecule has 1 N–H and O–H groups in total. The summed E-state index contributed by atoms with van der Waals surface area (Å²) < 4.78 is 6.06. The lowest BCUT2D eigenvalue weighted by Gasteiger charge is -2.46. The van der Waals surface area contributed by atoms with Gasteiger partial charge in [-0.15, -0.1) is 0 Å². The SMILES string of the molecule is CC1(C)CC(CC(=O)c2ccc(Oc3ccccc3C(=O)N3CCCC3)c(Cl)c2)CC(C)(C)N1. The second kappa shape index (κ2) is 9.71. The lowest BCUT2D eigenvalue weighted by atomic mass is 9.74. The zero-order valence-electron chi connectivity index (χ0n) is 20.6. The minimum atomic E-state index is -0.0242. The number of hydrogen-bond donors (Lipinski definition) is 1. The highest BCUT2D eigenvalue weighted by Crippen LogP contribution is 2.37. The molecule has 34 heavy (non-hydrogen) atoms. The molecule has 6 heteroatoms. The number of carbonyl (C=O) groups excluding carboxylic acids is 2. The molecule has 2 heterocycles. The third-order valence-electron chi connectivity index (χ3n) is 6.73. The van der Waals surface area contributed by atoms with Crippen molar-refractivity contribution in [2.24, 2.45) is 5.92 Å². The minimum absolute atomic E-state index is 0.00192. The Morgan fingerprint density at radius 3 is 2.29 bits per heavy atom. The number of nitrogens with one attached hydrogen (secondary N) is 1. The molecule has 0 unspecified atom stereocenters. The van der Waals surface area contributed by atoms with Crippen LogP contribution in [0.4, 0.5) is 0 Å². The number of halogens is 1. The van der Waals surface area contributed by atoms with Crippen molar-refractivity contribution in [1.82, 2.24) is 10.2 Å². The molecule has 2 aromatic carbocycles. The van der Waals surface area contributed by atoms with Gasteiger partial charge in [-0.1, -0.05) is 23.7 Å². The van der Waals surface area contributed by atoms with E-state index in [2.05, 4.69) is 33.0 Å². The number of nitrogens with zero attached hydrogens (tertiary/aromatic N) is 1. The van der Waals surface area contributed by atoms with Gasteiger partial charge in [0.2, 0.25) is 0 Å². The maximum absolute atomic E-state index is 13.1. The van der Waals surface area contributed by atoms with Crippen LogP contribution >= 0.6 is 11.6 Å². The monoisotopic (exact) mass is 482 g/mol. The van der Waals surface area contributed by atoms with Gasteiger partial charge in [-0.25, -0.2) is 0 Å². The smallest absolute Gasteiger partial charge is 0.257 e. The highest BCUT2D eigenvalue weighted by molar-refractivity contribution is 6.32. The van der Waals surface area contributed by atoms with Gasteiger partial charge in [-0.05, 0) is 89.6 Å². The summed E-state index contributed by atoms with van der Waals surface area (Å²) in [5.41, 5.74) is 1.12. The molecule has 2 fully saturated rings. The first-order chi connectivity index (χ1) is 16.0. The molecule has 182 valence electrons. The van der Waals surface area contributed by atoms with Crippen molar-refractivity contribution in [3.63, 3.8) is 0 Å². The van der Waals surface area contributed by atoms with Crippen LogP contribution in [0.5, 0.6) is 11.5 Å². The molecule has 0 aromatic heterocycles. The van der Waals surface area contributed by atoms with E-state index < -0.39 is 0 Å². The predicted molar refractivity (Wildman–Crippen MR) is 136 cm³/mol. The molecule has 2 aliphatic heterocycles. The van der Waals surface area contributed by atoms with E-state index in [1.165, 1.54) is 0 Å². The summed E-state index contributed by atoms with van der Waals surface area (Å²) in [6.45, 7) is 10.3. The Balaban J connectivity index is 1.47. The van der Waals surface area contributed by atoms with Crippen LogP contribution in [0.25, 0.3) is 0 Å². The highest BCUT2D eigenvalue weighted by Gasteiger charge is 2.38. The Hall–Kier alpha value is -2.37. The maximum atomic E-state index is 13.1. The number of ketones is 1. The third-order valence-corrected chi connectivity index (χ3v) is 7.03. The van der Waals surface area contributed by atoms with E-state index in [-0.39, 0.29) is 22.8 Å². The first kappa shape index (κ1) is 24.7. The van der Waals surface area contributed by atoms with Gasteiger partial charge in [-0.2, -0.15) is 0 Å². The average molecular weight is 483 g/mol. The molecule has 2 aliphatic rings. The van der Waals surface area contributed by atoms with Crippen LogP contribution in [0, 0.1) is 5.92 Å². The number of ether oxygens (including phenoxy) is 1. The van der Waals surface area contributed by atoms with Gasteiger partial charge in [0.25, 0.3) is 5.91 Å². The van der Waals surface area contributed by atoms with E-state index in [0.717, 1.165) is 38.8 Å². The fourth-order valence-corrected chi connectivity index (χ4v) is 5.98. The van der Waals surface area contributed by atoms with Gasteiger partial charge < -0.3 is 15.0 Å². The van der Waals surface area contributed by atoms with Crippen LogP contribution < -0.4 is 10.1 Å². The normalized spacial score (nSPS) is 19.7. The molecule has 4 rings (SSSR count). The number of piperidine rings is 1. The summed E-state index contributed by atoms with van der Waals surface area (Å²) in [5, 5.41) is 4.03. The van der Waals surface area contributed by atoms with E-state index in [0.29, 0.717) is 40.0 Å². The number of likely N-dealkylation sites (tertiary alicyclic amines) is 1. The Morgan fingerprint density at radius 2 is 1.65 bits per heavy atom. The Kier molecular flexibility index (Phi) is 7.07. The van der Waals surface area contributed by atoms with Crippen molar-refractivity contribution >= 4 is 23.3 Å². The van der Waals surface area contributed by atoms with Crippen molar-refractivity contribution in [3.05, 3.63) is 58.6 Å². The summed E-state index contributed by atoms with van der Waals surface area (Å²) in [6.07, 6.45) is 4.47. The van der Waals surface area contributed by atoms with E-state index in [1.807, 2.05) is 17.0 Å². The summed E-state index contributed by atoms with van der Waals surface area (Å²) in [5.74, 6) is 1.29. The van der Waals surface area contributed by atoms with Crippen LogP contribution in [0.1, 0.15) is 80.5 Å². The van der Waals surface area contributed by atoms with Crippen LogP contribution in [-0.2, 0) is 0 Å². The van der Waals surface area contributed by atoms with Gasteiger partial charge in [0.1, 0.15) is 11.5 Å². The number of carbonyl (C=O) groups is 2. The molecular weight excluding hydrogens is 448 g/mol. The third kappa shape index (κ3) is 5.81. The molecule has 0 saturated carbocycles. The molecule has 1 amide bonds. The van der Waals surface area contributed by atoms with Crippen molar-refractivity contribution in [3.8, 4) is 11.5 Å². The molecule has 0 aliphatic carbocycles. The van der Waals surface area contributed by atoms with E-state index >= 15 is 0 Å². The number of amides is 1. The molecule has 0 spiro atoms. The van der Waals surface area contributed by atoms with Gasteiger partial charge in [0, 0.05) is 36.2 Å². The van der Waals surface area contributed by atoms with Crippen LogP contribution in [0.3, 0.4) is 0 Å². The zero-order chi connectivity index (χ0) is 24.5. The van der Waals surface area contributed by atoms with Gasteiger partial charge in [0.05, 0.1) is 10.6 Å². The van der Waals surface area contributed by atoms with E-state index in [4.69, 9.17) is 16.3 Å². The molecule has 2 aromatic rings. The van der Waals surface area contributed by atoms with E-state index in [9.17, 15) is 9.59 Å². The highest BCUT2D eigenvalue weighted by atomic mass is 35.5. The number of rotatable bonds is 6. The summed E-state index contributed by atoms with van der Waals surface area (Å²) >= 11 is 6.53. The quantitative estimate of drug-likeness (QED) is 0.477. The standard InChI is InChI=1S/C28H35ClN2O3/c1-27(2)17-19(18-28(3,4)30-27)15-23(32)20-11-12-25(22(29)16-20)34-24-10-6-5-9-21(24)26(33)31-13-7-8-14-31/h5-6,9-12,16,19,30H,7-8,13-15,17-18H2,1-4H3. The molecule has 0 atom stereocenters. The second-order valence-corrected chi connectivity index (χ2v) is 11.4. The van der Waals surface area contributed by atoms with E-state index in [1.54, 1.807) is 30.3 Å². The molecular formula is C28H35ClN2O3. The van der Waals surface area contributed by atoms with Crippen molar-refractivity contribution in [2.75, 3.05) is 13.1 Å². The minimum Gasteiger partial charge on any atom is -0.455 e. The van der Waals surface area contributed by atoms with Gasteiger partial charge in [-0.3, -0.25) is 9.59 Å². The molecule has 0 radical (unpaired) electrons. The number of hydrogen-bond acceptors (Lipinski definition) is 4. The Morgan fingerprint density at radius 1 is 1.00 bits per heavy atom. The molecule has 5 nitrogen and oxygen atoms in total. The number of benzene rings is 2. The number of Topliss-reactive ketones (excluding diaryl/α,β-unsaturated/α-hetero) is 1. The topological polar surface area (TPSA) is 58.6 Å². The lowest BCUT2D eigenvalue weighted by Crippen LogP contribution is -2.57. The summed E-state index contributed by atoms with van der Waals surface area (Å²) in [7, 11) is 0. The average Bonchev–Trinajstić information content (AvgIpc) is 3.27. The van der Waals surface area contributed by atoms with Crippen molar-refractivity contribution < 1.29 is 14.3 Å². The second-order valence-electron chi connectivity index (χ2n) is 11.0. The van der Waals surface area contributed by atoms with Gasteiger partial charge >= 0.3 is 0 Å². The van der Waals surface area contributed by atoms with Crippen molar-refractivity contribution in [2.45, 2.75) is 70.9 Å². The Labute approximate surface area is 207 Å². The summed E-state index contributed by atoms with van der Waals surface area (Å²) in [6, 6.07) is 12.4. The largest absolute Gasteiger partial charge is 0.455 e. The predicted octanol–water partition coefficient (Wildman–Crippen LogP) is 6.50. The van der Waals surface area contributed by atoms with Crippen LogP contribution in [0.15, 0.2) is 42.5 Å². The van der Waals surface area contributed by atoms with Crippen LogP contribution in [-0.4, -0.2) is 40.8 Å². The van der Waals surface area contributed by atoms with Crippen LogP contribution in [0.2, 0.25) is 5.02 Å². The Bertz CT molecular complexity index is 1060. The zero-order valence-corrected chi connectivity index (χ0v) is 21.4. The van der Waals surface area contributed by atoms with Gasteiger partial charge in [0.15, 0.2) is 5.78 Å². The fourth-order valence-electron chi connectivity index (χ4n) is 5.76. The van der Waals surface area contributed by atoms with Crippen molar-refractivity contribution in [1.29, 1.82) is 0 Å². The maximum Gasteiger partial charge on any atom is 0.257 e.